The van der Waals surface area contributed by atoms with E-state index in [1.165, 1.54) is 12.3 Å². The number of nitrogens with zero attached hydrogens (tertiary/aromatic N) is 1. The number of amides is 1. The quantitative estimate of drug-likeness (QED) is 0.499. The molecule has 0 aliphatic rings. The van der Waals surface area contributed by atoms with E-state index in [2.05, 4.69) is 9.72 Å². The zero-order valence-electron chi connectivity index (χ0n) is 10.3. The van der Waals surface area contributed by atoms with E-state index in [0.29, 0.717) is 17.2 Å². The lowest BCUT2D eigenvalue weighted by molar-refractivity contribution is 0.0631. The van der Waals surface area contributed by atoms with E-state index < -0.39 is 12.1 Å². The van der Waals surface area contributed by atoms with Gasteiger partial charge in [0.05, 0.1) is 0 Å². The molecule has 1 aromatic heterocycles. The number of nitrogen functional groups attached to an aromatic ring is 1. The van der Waals surface area contributed by atoms with Gasteiger partial charge in [0.25, 0.3) is 0 Å². The number of hydrogen-bond acceptors (Lipinski definition) is 6. The summed E-state index contributed by atoms with van der Waals surface area (Å²) in [4.78, 5) is 25.7. The van der Waals surface area contributed by atoms with Gasteiger partial charge in [0, 0.05) is 24.0 Å². The van der Waals surface area contributed by atoms with Gasteiger partial charge in [-0.1, -0.05) is 6.07 Å². The van der Waals surface area contributed by atoms with Crippen LogP contribution in [0, 0.1) is 0 Å². The van der Waals surface area contributed by atoms with Gasteiger partial charge in [-0.05, 0) is 18.2 Å². The third-order valence-electron chi connectivity index (χ3n) is 2.23. The molecule has 1 heterocycles. The van der Waals surface area contributed by atoms with Crippen LogP contribution in [-0.4, -0.2) is 17.0 Å². The molecule has 1 aromatic carbocycles. The Bertz CT molecular complexity index is 658. The molecule has 0 aliphatic heterocycles. The van der Waals surface area contributed by atoms with Gasteiger partial charge < -0.3 is 20.9 Å². The highest BCUT2D eigenvalue weighted by atomic mass is 16.6. The van der Waals surface area contributed by atoms with Gasteiger partial charge in [-0.25, -0.2) is 14.6 Å². The first-order valence-corrected chi connectivity index (χ1v) is 5.55. The molecule has 0 aliphatic carbocycles. The van der Waals surface area contributed by atoms with Crippen molar-refractivity contribution in [1.29, 1.82) is 0 Å². The number of ether oxygens (including phenoxy) is 2. The van der Waals surface area contributed by atoms with Crippen molar-refractivity contribution in [3.8, 4) is 11.5 Å². The summed E-state index contributed by atoms with van der Waals surface area (Å²) in [7, 11) is 0. The molecule has 2 rings (SSSR count). The van der Waals surface area contributed by atoms with Crippen LogP contribution >= 0.6 is 0 Å². The molecule has 0 spiro atoms. The largest absolute Gasteiger partial charge is 0.457 e. The molecule has 7 heteroatoms. The number of primary amides is 1. The van der Waals surface area contributed by atoms with Crippen LogP contribution < -0.4 is 16.2 Å². The molecular weight excluding hydrogens is 262 g/mol. The van der Waals surface area contributed by atoms with Crippen molar-refractivity contribution in [3.63, 3.8) is 0 Å². The van der Waals surface area contributed by atoms with Crippen molar-refractivity contribution in [2.24, 2.45) is 5.73 Å². The third kappa shape index (κ3) is 3.45. The summed E-state index contributed by atoms with van der Waals surface area (Å²) in [6, 6.07) is 9.65. The molecule has 20 heavy (non-hydrogen) atoms. The van der Waals surface area contributed by atoms with Gasteiger partial charge in [0.1, 0.15) is 11.5 Å². The fourth-order valence-electron chi connectivity index (χ4n) is 1.44. The highest BCUT2D eigenvalue weighted by Crippen LogP contribution is 2.23. The molecule has 102 valence electrons. The smallest absolute Gasteiger partial charge is 0.412 e. The first-order valence-electron chi connectivity index (χ1n) is 5.55. The number of nitrogens with two attached hydrogens (primary N) is 2. The second kappa shape index (κ2) is 5.70. The summed E-state index contributed by atoms with van der Waals surface area (Å²) in [5.74, 6) is -0.0945. The predicted molar refractivity (Wildman–Crippen MR) is 70.2 cm³/mol. The number of pyridine rings is 1. The van der Waals surface area contributed by atoms with Gasteiger partial charge in [-0.15, -0.1) is 0 Å². The Balaban J connectivity index is 2.17. The standard InChI is InChI=1S/C13H11N3O4/c14-8-2-1-3-9(6-8)19-10-4-5-16-11(7-10)12(17)20-13(15)18/h1-7H,14H2,(H2,15,18). The fourth-order valence-corrected chi connectivity index (χ4v) is 1.44. The Kier molecular flexibility index (Phi) is 3.80. The summed E-state index contributed by atoms with van der Waals surface area (Å²) in [6.45, 7) is 0. The summed E-state index contributed by atoms with van der Waals surface area (Å²) < 4.78 is 9.73. The monoisotopic (exact) mass is 273 g/mol. The number of esters is 1. The maximum Gasteiger partial charge on any atom is 0.412 e. The zero-order chi connectivity index (χ0) is 14.5. The number of hydrogen-bond donors (Lipinski definition) is 2. The topological polar surface area (TPSA) is 118 Å². The maximum absolute atomic E-state index is 11.5. The third-order valence-corrected chi connectivity index (χ3v) is 2.23. The van der Waals surface area contributed by atoms with E-state index in [9.17, 15) is 9.59 Å². The molecule has 1 amide bonds. The number of benzene rings is 1. The molecule has 2 aromatic rings. The van der Waals surface area contributed by atoms with Crippen molar-refractivity contribution >= 4 is 17.7 Å². The van der Waals surface area contributed by atoms with E-state index in [1.807, 2.05) is 0 Å². The zero-order valence-corrected chi connectivity index (χ0v) is 10.3. The van der Waals surface area contributed by atoms with E-state index in [4.69, 9.17) is 16.2 Å². The molecule has 0 bridgehead atoms. The maximum atomic E-state index is 11.5. The first kappa shape index (κ1) is 13.3. The second-order valence-corrected chi connectivity index (χ2v) is 3.76. The molecule has 0 radical (unpaired) electrons. The van der Waals surface area contributed by atoms with E-state index in [0.717, 1.165) is 0 Å². The Hall–Kier alpha value is -3.09. The highest BCUT2D eigenvalue weighted by Gasteiger charge is 2.13. The molecule has 0 saturated carbocycles. The minimum absolute atomic E-state index is 0.0924. The second-order valence-electron chi connectivity index (χ2n) is 3.76. The van der Waals surface area contributed by atoms with Crippen molar-refractivity contribution in [3.05, 3.63) is 48.3 Å². The summed E-state index contributed by atoms with van der Waals surface area (Å²) in [5, 5.41) is 0. The molecule has 0 fully saturated rings. The van der Waals surface area contributed by atoms with Crippen LogP contribution in [0.1, 0.15) is 10.5 Å². The van der Waals surface area contributed by atoms with Crippen LogP contribution in [0.15, 0.2) is 42.6 Å². The van der Waals surface area contributed by atoms with Gasteiger partial charge in [-0.3, -0.25) is 0 Å². The van der Waals surface area contributed by atoms with Gasteiger partial charge in [0.15, 0.2) is 5.69 Å². The summed E-state index contributed by atoms with van der Waals surface area (Å²) >= 11 is 0. The Morgan fingerprint density at radius 1 is 1.10 bits per heavy atom. The molecule has 0 saturated heterocycles. The van der Waals surface area contributed by atoms with Crippen LogP contribution in [0.25, 0.3) is 0 Å². The van der Waals surface area contributed by atoms with Crippen LogP contribution in [0.3, 0.4) is 0 Å². The van der Waals surface area contributed by atoms with Crippen molar-refractivity contribution in [2.45, 2.75) is 0 Å². The summed E-state index contributed by atoms with van der Waals surface area (Å²) in [5.41, 5.74) is 10.8. The fraction of sp³-hybridized carbons (Fsp3) is 0. The van der Waals surface area contributed by atoms with Crippen LogP contribution in [0.5, 0.6) is 11.5 Å². The van der Waals surface area contributed by atoms with Crippen LogP contribution in [-0.2, 0) is 4.74 Å². The average Bonchev–Trinajstić information content (AvgIpc) is 2.38. The number of rotatable bonds is 3. The van der Waals surface area contributed by atoms with Gasteiger partial charge in [-0.2, -0.15) is 0 Å². The normalized spacial score (nSPS) is 9.80. The Morgan fingerprint density at radius 3 is 2.55 bits per heavy atom. The lowest BCUT2D eigenvalue weighted by Gasteiger charge is -2.07. The predicted octanol–water partition coefficient (Wildman–Crippen LogP) is 1.69. The molecule has 4 N–H and O–H groups in total. The highest BCUT2D eigenvalue weighted by molar-refractivity contribution is 5.94. The number of carbonyl (C=O) groups excluding carboxylic acids is 2. The van der Waals surface area contributed by atoms with Crippen molar-refractivity contribution < 1.29 is 19.1 Å². The molecular formula is C13H11N3O4. The van der Waals surface area contributed by atoms with Crippen molar-refractivity contribution in [1.82, 2.24) is 4.98 Å². The van der Waals surface area contributed by atoms with Gasteiger partial charge in [0.2, 0.25) is 0 Å². The van der Waals surface area contributed by atoms with Crippen molar-refractivity contribution in [2.75, 3.05) is 5.73 Å². The molecule has 0 atom stereocenters. The number of aromatic nitrogens is 1. The minimum atomic E-state index is -1.20. The van der Waals surface area contributed by atoms with Crippen LogP contribution in [0.2, 0.25) is 0 Å². The average molecular weight is 273 g/mol. The number of anilines is 1. The lowest BCUT2D eigenvalue weighted by Crippen LogP contribution is -2.19. The first-order chi connectivity index (χ1) is 9.54. The minimum Gasteiger partial charge on any atom is -0.457 e. The van der Waals surface area contributed by atoms with E-state index in [1.54, 1.807) is 30.3 Å². The molecule has 7 nitrogen and oxygen atoms in total. The Labute approximate surface area is 114 Å². The van der Waals surface area contributed by atoms with Gasteiger partial charge >= 0.3 is 12.1 Å². The SMILES string of the molecule is NC(=O)OC(=O)c1cc(Oc2cccc(N)c2)ccn1. The Morgan fingerprint density at radius 2 is 1.85 bits per heavy atom. The van der Waals surface area contributed by atoms with Crippen LogP contribution in [0.4, 0.5) is 10.5 Å². The number of carbonyl (C=O) groups is 2. The van der Waals surface area contributed by atoms with E-state index in [-0.39, 0.29) is 5.69 Å². The molecule has 0 unspecified atom stereocenters. The van der Waals surface area contributed by atoms with E-state index >= 15 is 0 Å². The lowest BCUT2D eigenvalue weighted by atomic mass is 10.3. The summed E-state index contributed by atoms with van der Waals surface area (Å²) in [6.07, 6.45) is 0.151.